The minimum atomic E-state index is -1.62. The molecule has 0 aliphatic heterocycles. The number of carboxylic acid groups (broad SMARTS) is 1. The van der Waals surface area contributed by atoms with Crippen LogP contribution < -0.4 is 11.2 Å². The lowest BCUT2D eigenvalue weighted by molar-refractivity contribution is -0.166. The van der Waals surface area contributed by atoms with Crippen LogP contribution in [0.1, 0.15) is 22.6 Å². The van der Waals surface area contributed by atoms with Gasteiger partial charge in [-0.25, -0.2) is 4.79 Å². The van der Waals surface area contributed by atoms with Gasteiger partial charge in [0.15, 0.2) is 0 Å². The molecular formula is C23H23N3O3. The average molecular weight is 389 g/mol. The van der Waals surface area contributed by atoms with Crippen molar-refractivity contribution in [3.63, 3.8) is 0 Å². The van der Waals surface area contributed by atoms with E-state index >= 15 is 0 Å². The van der Waals surface area contributed by atoms with E-state index in [1.807, 2.05) is 72.8 Å². The van der Waals surface area contributed by atoms with Crippen molar-refractivity contribution in [3.8, 4) is 0 Å². The Morgan fingerprint density at radius 1 is 1.03 bits per heavy atom. The summed E-state index contributed by atoms with van der Waals surface area (Å²) in [6.07, 6.45) is 1.37. The van der Waals surface area contributed by atoms with Crippen molar-refractivity contribution in [2.24, 2.45) is 10.9 Å². The van der Waals surface area contributed by atoms with Crippen LogP contribution in [0.25, 0.3) is 0 Å². The third kappa shape index (κ3) is 3.97. The number of methoxy groups -OCH3 is 1. The molecule has 0 spiro atoms. The van der Waals surface area contributed by atoms with E-state index in [9.17, 15) is 9.90 Å². The molecule has 0 amide bonds. The third-order valence-corrected chi connectivity index (χ3v) is 4.91. The Hall–Kier alpha value is -3.64. The average Bonchev–Trinajstić information content (AvgIpc) is 2.77. The highest BCUT2D eigenvalue weighted by Crippen LogP contribution is 2.45. The van der Waals surface area contributed by atoms with E-state index in [2.05, 4.69) is 10.4 Å². The van der Waals surface area contributed by atoms with Crippen molar-refractivity contribution >= 4 is 18.0 Å². The highest BCUT2D eigenvalue weighted by Gasteiger charge is 2.49. The summed E-state index contributed by atoms with van der Waals surface area (Å²) in [4.78, 5) is 12.7. The van der Waals surface area contributed by atoms with Gasteiger partial charge in [0, 0.05) is 12.8 Å². The molecule has 3 aromatic carbocycles. The van der Waals surface area contributed by atoms with Gasteiger partial charge in [-0.15, -0.1) is 0 Å². The molecule has 3 aromatic rings. The topological polar surface area (TPSA) is 96.9 Å². The molecule has 0 saturated heterocycles. The molecular weight excluding hydrogens is 366 g/mol. The zero-order valence-corrected chi connectivity index (χ0v) is 16.0. The van der Waals surface area contributed by atoms with Gasteiger partial charge in [0.1, 0.15) is 6.34 Å². The Labute approximate surface area is 169 Å². The van der Waals surface area contributed by atoms with E-state index < -0.39 is 17.5 Å². The molecule has 0 bridgehead atoms. The van der Waals surface area contributed by atoms with Gasteiger partial charge in [0.2, 0.25) is 5.60 Å². The van der Waals surface area contributed by atoms with E-state index in [1.54, 1.807) is 12.1 Å². The molecule has 2 unspecified atom stereocenters. The molecule has 3 rings (SSSR count). The van der Waals surface area contributed by atoms with Crippen molar-refractivity contribution < 1.29 is 14.6 Å². The Balaban J connectivity index is 2.26. The number of benzene rings is 3. The molecule has 0 aromatic heterocycles. The van der Waals surface area contributed by atoms with Gasteiger partial charge >= 0.3 is 5.97 Å². The molecule has 0 saturated carbocycles. The van der Waals surface area contributed by atoms with Crippen LogP contribution in [0.2, 0.25) is 0 Å². The minimum Gasteiger partial charge on any atom is -0.479 e. The van der Waals surface area contributed by atoms with E-state index in [1.165, 1.54) is 13.4 Å². The van der Waals surface area contributed by atoms with Crippen LogP contribution in [0.4, 0.5) is 5.69 Å². The second kappa shape index (κ2) is 9.03. The number of carboxylic acids is 1. The van der Waals surface area contributed by atoms with Gasteiger partial charge in [0.05, 0.1) is 5.92 Å². The third-order valence-electron chi connectivity index (χ3n) is 4.91. The Bertz CT molecular complexity index is 977. The lowest BCUT2D eigenvalue weighted by atomic mass is 9.73. The molecule has 0 aliphatic carbocycles. The summed E-state index contributed by atoms with van der Waals surface area (Å²) < 4.78 is 5.81. The number of nitrogens with one attached hydrogen (secondary N) is 1. The zero-order chi connectivity index (χ0) is 20.7. The monoisotopic (exact) mass is 389 g/mol. The maximum absolute atomic E-state index is 12.7. The van der Waals surface area contributed by atoms with Crippen LogP contribution >= 0.6 is 0 Å². The maximum Gasteiger partial charge on any atom is 0.341 e. The summed E-state index contributed by atoms with van der Waals surface area (Å²) in [7, 11) is 1.43. The molecule has 29 heavy (non-hydrogen) atoms. The number of rotatable bonds is 8. The number of nitrogens with zero attached hydrogens (tertiary/aromatic N) is 1. The van der Waals surface area contributed by atoms with Crippen molar-refractivity contribution in [3.05, 3.63) is 102 Å². The number of hydrazone groups is 1. The van der Waals surface area contributed by atoms with Crippen LogP contribution in [-0.4, -0.2) is 24.5 Å². The number of carbonyl (C=O) groups is 1. The zero-order valence-electron chi connectivity index (χ0n) is 16.0. The van der Waals surface area contributed by atoms with E-state index in [4.69, 9.17) is 10.6 Å². The fraction of sp³-hybridized carbons (Fsp3) is 0.130. The van der Waals surface area contributed by atoms with Gasteiger partial charge in [-0.2, -0.15) is 5.10 Å². The first-order valence-electron chi connectivity index (χ1n) is 9.10. The quantitative estimate of drug-likeness (QED) is 0.236. The smallest absolute Gasteiger partial charge is 0.341 e. The van der Waals surface area contributed by atoms with Crippen LogP contribution in [-0.2, 0) is 15.1 Å². The van der Waals surface area contributed by atoms with Crippen LogP contribution in [0.3, 0.4) is 0 Å². The number of ether oxygens (including phenoxy) is 1. The minimum absolute atomic E-state index is 0.561. The number of anilines is 1. The van der Waals surface area contributed by atoms with E-state index in [0.29, 0.717) is 5.56 Å². The molecule has 0 fully saturated rings. The van der Waals surface area contributed by atoms with Crippen LogP contribution in [0.15, 0.2) is 90.0 Å². The van der Waals surface area contributed by atoms with Gasteiger partial charge in [0.25, 0.3) is 0 Å². The van der Waals surface area contributed by atoms with Crippen molar-refractivity contribution in [1.82, 2.24) is 0 Å². The first kappa shape index (κ1) is 20.1. The molecule has 6 heteroatoms. The molecule has 6 nitrogen and oxygen atoms in total. The second-order valence-corrected chi connectivity index (χ2v) is 6.50. The largest absolute Gasteiger partial charge is 0.479 e. The fourth-order valence-electron chi connectivity index (χ4n) is 3.65. The van der Waals surface area contributed by atoms with Gasteiger partial charge < -0.3 is 21.0 Å². The molecule has 0 radical (unpaired) electrons. The summed E-state index contributed by atoms with van der Waals surface area (Å²) in [6, 6.07) is 26.0. The molecule has 0 heterocycles. The SMILES string of the molecule is COC(C(=O)O)(c1ccccc1)C(c1ccccc1)c1cccc(NC=NN)c1. The summed E-state index contributed by atoms with van der Waals surface area (Å²) in [5.74, 6) is 3.51. The summed E-state index contributed by atoms with van der Waals surface area (Å²) >= 11 is 0. The predicted octanol–water partition coefficient (Wildman–Crippen LogP) is 3.76. The van der Waals surface area contributed by atoms with Crippen LogP contribution in [0, 0.1) is 0 Å². The second-order valence-electron chi connectivity index (χ2n) is 6.50. The highest BCUT2D eigenvalue weighted by molar-refractivity contribution is 5.83. The van der Waals surface area contributed by atoms with Crippen molar-refractivity contribution in [1.29, 1.82) is 0 Å². The first-order valence-corrected chi connectivity index (χ1v) is 9.10. The lowest BCUT2D eigenvalue weighted by Crippen LogP contribution is -2.44. The number of aliphatic carboxylic acids is 1. The van der Waals surface area contributed by atoms with Crippen LogP contribution in [0.5, 0.6) is 0 Å². The van der Waals surface area contributed by atoms with Gasteiger partial charge in [-0.1, -0.05) is 72.8 Å². The molecule has 148 valence electrons. The maximum atomic E-state index is 12.7. The lowest BCUT2D eigenvalue weighted by Gasteiger charge is -2.37. The number of nitrogens with two attached hydrogens (primary N) is 1. The summed E-state index contributed by atoms with van der Waals surface area (Å²) in [5, 5.41) is 16.8. The van der Waals surface area contributed by atoms with E-state index in [-0.39, 0.29) is 0 Å². The Morgan fingerprint density at radius 2 is 1.66 bits per heavy atom. The van der Waals surface area contributed by atoms with E-state index in [0.717, 1.165) is 16.8 Å². The Morgan fingerprint density at radius 3 is 2.24 bits per heavy atom. The molecule has 0 aliphatic rings. The summed E-state index contributed by atoms with van der Waals surface area (Å²) in [6.45, 7) is 0. The van der Waals surface area contributed by atoms with Crippen molar-refractivity contribution in [2.75, 3.05) is 12.4 Å². The first-order chi connectivity index (χ1) is 14.1. The number of hydrogen-bond acceptors (Lipinski definition) is 4. The highest BCUT2D eigenvalue weighted by atomic mass is 16.5. The van der Waals surface area contributed by atoms with Gasteiger partial charge in [-0.3, -0.25) is 0 Å². The van der Waals surface area contributed by atoms with Gasteiger partial charge in [-0.05, 0) is 28.8 Å². The molecule has 2 atom stereocenters. The Kier molecular flexibility index (Phi) is 6.26. The fourth-order valence-corrected chi connectivity index (χ4v) is 3.65. The normalized spacial score (nSPS) is 14.2. The predicted molar refractivity (Wildman–Crippen MR) is 114 cm³/mol. The standard InChI is InChI=1S/C23H23N3O3/c1-29-23(22(27)28,19-12-6-3-7-13-19)21(17-9-4-2-5-10-17)18-11-8-14-20(15-18)25-16-26-24/h2-16,21H,24H2,1H3,(H,25,26)(H,27,28). The summed E-state index contributed by atoms with van der Waals surface area (Å²) in [5.41, 5.74) is 1.28. The molecule has 4 N–H and O–H groups in total. The number of hydrogen-bond donors (Lipinski definition) is 3. The van der Waals surface area contributed by atoms with Crippen molar-refractivity contribution in [2.45, 2.75) is 11.5 Å².